The predicted molar refractivity (Wildman–Crippen MR) is 57.3 cm³/mol. The molecule has 74 valence electrons. The van der Waals surface area contributed by atoms with E-state index in [1.54, 1.807) is 19.3 Å². The molecule has 0 amide bonds. The number of rotatable bonds is 4. The second-order valence-corrected chi connectivity index (χ2v) is 2.93. The molecule has 0 heterocycles. The normalized spacial score (nSPS) is 10.4. The van der Waals surface area contributed by atoms with Crippen LogP contribution >= 0.6 is 0 Å². The standard InChI is InChI=1S/C12H14O2/c1-3-11(13)8-7-10-5-4-6-12(9-10)14-2/h4-9H,3H2,1-2H3/b8-7+. The van der Waals surface area contributed by atoms with Crippen molar-refractivity contribution in [2.24, 2.45) is 0 Å². The van der Waals surface area contributed by atoms with Crippen LogP contribution in [-0.4, -0.2) is 12.9 Å². The molecule has 0 fully saturated rings. The molecule has 14 heavy (non-hydrogen) atoms. The molecule has 0 aliphatic rings. The number of methoxy groups -OCH3 is 1. The third-order valence-electron chi connectivity index (χ3n) is 1.90. The van der Waals surface area contributed by atoms with Gasteiger partial charge in [0.05, 0.1) is 7.11 Å². The molecule has 0 aliphatic carbocycles. The summed E-state index contributed by atoms with van der Waals surface area (Å²) in [4.78, 5) is 11.0. The molecule has 0 saturated heterocycles. The van der Waals surface area contributed by atoms with Crippen LogP contribution in [0.5, 0.6) is 5.75 Å². The zero-order chi connectivity index (χ0) is 10.4. The van der Waals surface area contributed by atoms with Gasteiger partial charge in [0.2, 0.25) is 0 Å². The average molecular weight is 190 g/mol. The molecule has 1 aromatic rings. The first kappa shape index (κ1) is 10.5. The minimum atomic E-state index is 0.132. The number of allylic oxidation sites excluding steroid dienone is 1. The van der Waals surface area contributed by atoms with Crippen molar-refractivity contribution in [2.75, 3.05) is 7.11 Å². The summed E-state index contributed by atoms with van der Waals surface area (Å²) in [5.74, 6) is 0.934. The van der Waals surface area contributed by atoms with Crippen molar-refractivity contribution in [1.29, 1.82) is 0 Å². The molecule has 2 heteroatoms. The maximum absolute atomic E-state index is 11.0. The van der Waals surface area contributed by atoms with Crippen LogP contribution in [0.4, 0.5) is 0 Å². The summed E-state index contributed by atoms with van der Waals surface area (Å²) in [6.07, 6.45) is 3.93. The van der Waals surface area contributed by atoms with Gasteiger partial charge in [0.15, 0.2) is 5.78 Å². The number of hydrogen-bond acceptors (Lipinski definition) is 2. The van der Waals surface area contributed by atoms with Crippen molar-refractivity contribution in [3.05, 3.63) is 35.9 Å². The molecule has 1 aromatic carbocycles. The van der Waals surface area contributed by atoms with Crippen LogP contribution in [0.3, 0.4) is 0 Å². The molecule has 0 atom stereocenters. The van der Waals surface area contributed by atoms with Gasteiger partial charge in [-0.05, 0) is 23.8 Å². The van der Waals surface area contributed by atoms with E-state index in [4.69, 9.17) is 4.74 Å². The van der Waals surface area contributed by atoms with Crippen LogP contribution in [0.2, 0.25) is 0 Å². The monoisotopic (exact) mass is 190 g/mol. The first-order chi connectivity index (χ1) is 6.76. The first-order valence-corrected chi connectivity index (χ1v) is 4.61. The van der Waals surface area contributed by atoms with E-state index in [1.165, 1.54) is 0 Å². The molecule has 0 aliphatic heterocycles. The molecule has 0 spiro atoms. The summed E-state index contributed by atoms with van der Waals surface area (Å²) in [6.45, 7) is 1.85. The van der Waals surface area contributed by atoms with E-state index in [0.29, 0.717) is 6.42 Å². The summed E-state index contributed by atoms with van der Waals surface area (Å²) >= 11 is 0. The second-order valence-electron chi connectivity index (χ2n) is 2.93. The van der Waals surface area contributed by atoms with Crippen LogP contribution in [0.25, 0.3) is 6.08 Å². The fourth-order valence-electron chi connectivity index (χ4n) is 1.05. The van der Waals surface area contributed by atoms with Crippen molar-refractivity contribution >= 4 is 11.9 Å². The predicted octanol–water partition coefficient (Wildman–Crippen LogP) is 2.69. The summed E-state index contributed by atoms with van der Waals surface area (Å²) < 4.78 is 5.07. The highest BCUT2D eigenvalue weighted by molar-refractivity contribution is 5.93. The van der Waals surface area contributed by atoms with Gasteiger partial charge in [-0.25, -0.2) is 0 Å². The van der Waals surface area contributed by atoms with Crippen molar-refractivity contribution in [1.82, 2.24) is 0 Å². The van der Waals surface area contributed by atoms with E-state index in [1.807, 2.05) is 31.2 Å². The molecule has 0 unspecified atom stereocenters. The van der Waals surface area contributed by atoms with Crippen LogP contribution in [0.15, 0.2) is 30.3 Å². The second kappa shape index (κ2) is 5.22. The largest absolute Gasteiger partial charge is 0.497 e. The van der Waals surface area contributed by atoms with Crippen molar-refractivity contribution in [2.45, 2.75) is 13.3 Å². The highest BCUT2D eigenvalue weighted by Crippen LogP contribution is 2.13. The van der Waals surface area contributed by atoms with E-state index in [0.717, 1.165) is 11.3 Å². The minimum Gasteiger partial charge on any atom is -0.497 e. The number of carbonyl (C=O) groups excluding carboxylic acids is 1. The van der Waals surface area contributed by atoms with Crippen LogP contribution < -0.4 is 4.74 Å². The van der Waals surface area contributed by atoms with Gasteiger partial charge >= 0.3 is 0 Å². The first-order valence-electron chi connectivity index (χ1n) is 4.61. The summed E-state index contributed by atoms with van der Waals surface area (Å²) in [7, 11) is 1.63. The van der Waals surface area contributed by atoms with Crippen molar-refractivity contribution in [3.8, 4) is 5.75 Å². The number of benzene rings is 1. The van der Waals surface area contributed by atoms with Crippen molar-refractivity contribution < 1.29 is 9.53 Å². The van der Waals surface area contributed by atoms with E-state index in [2.05, 4.69) is 0 Å². The number of ether oxygens (including phenoxy) is 1. The number of carbonyl (C=O) groups is 1. The fourth-order valence-corrected chi connectivity index (χ4v) is 1.05. The fraction of sp³-hybridized carbons (Fsp3) is 0.250. The maximum Gasteiger partial charge on any atom is 0.155 e. The molecule has 0 radical (unpaired) electrons. The Kier molecular flexibility index (Phi) is 3.92. The van der Waals surface area contributed by atoms with Gasteiger partial charge in [-0.2, -0.15) is 0 Å². The Morgan fingerprint density at radius 1 is 1.50 bits per heavy atom. The molecule has 2 nitrogen and oxygen atoms in total. The van der Waals surface area contributed by atoms with Gasteiger partial charge in [-0.15, -0.1) is 0 Å². The zero-order valence-electron chi connectivity index (χ0n) is 8.49. The third kappa shape index (κ3) is 3.05. The summed E-state index contributed by atoms with van der Waals surface area (Å²) in [5, 5.41) is 0. The molecule has 0 saturated carbocycles. The van der Waals surface area contributed by atoms with Gasteiger partial charge in [0, 0.05) is 6.42 Å². The Labute approximate surface area is 84.2 Å². The Morgan fingerprint density at radius 2 is 2.29 bits per heavy atom. The van der Waals surface area contributed by atoms with E-state index in [9.17, 15) is 4.79 Å². The van der Waals surface area contributed by atoms with E-state index >= 15 is 0 Å². The molecular formula is C12H14O2. The van der Waals surface area contributed by atoms with Gasteiger partial charge in [-0.3, -0.25) is 4.79 Å². The third-order valence-corrected chi connectivity index (χ3v) is 1.90. The number of ketones is 1. The van der Waals surface area contributed by atoms with E-state index < -0.39 is 0 Å². The van der Waals surface area contributed by atoms with Gasteiger partial charge in [0.25, 0.3) is 0 Å². The number of hydrogen-bond donors (Lipinski definition) is 0. The summed E-state index contributed by atoms with van der Waals surface area (Å²) in [5.41, 5.74) is 0.978. The molecule has 0 bridgehead atoms. The molecule has 1 rings (SSSR count). The zero-order valence-corrected chi connectivity index (χ0v) is 8.49. The van der Waals surface area contributed by atoms with E-state index in [-0.39, 0.29) is 5.78 Å². The minimum absolute atomic E-state index is 0.132. The summed E-state index contributed by atoms with van der Waals surface area (Å²) in [6, 6.07) is 7.59. The lowest BCUT2D eigenvalue weighted by atomic mass is 10.2. The molecular weight excluding hydrogens is 176 g/mol. The molecule has 0 aromatic heterocycles. The van der Waals surface area contributed by atoms with Crippen molar-refractivity contribution in [3.63, 3.8) is 0 Å². The smallest absolute Gasteiger partial charge is 0.155 e. The highest BCUT2D eigenvalue weighted by atomic mass is 16.5. The Hall–Kier alpha value is -1.57. The lowest BCUT2D eigenvalue weighted by Gasteiger charge is -1.99. The Bertz CT molecular complexity index is 340. The van der Waals surface area contributed by atoms with Gasteiger partial charge < -0.3 is 4.74 Å². The maximum atomic E-state index is 11.0. The SMILES string of the molecule is CCC(=O)/C=C/c1cccc(OC)c1. The lowest BCUT2D eigenvalue weighted by molar-refractivity contribution is -0.114. The Balaban J connectivity index is 2.76. The Morgan fingerprint density at radius 3 is 2.93 bits per heavy atom. The average Bonchev–Trinajstić information content (AvgIpc) is 2.26. The molecule has 0 N–H and O–H groups in total. The quantitative estimate of drug-likeness (QED) is 0.682. The van der Waals surface area contributed by atoms with Crippen LogP contribution in [0, 0.1) is 0 Å². The van der Waals surface area contributed by atoms with Crippen LogP contribution in [0.1, 0.15) is 18.9 Å². The topological polar surface area (TPSA) is 26.3 Å². The highest BCUT2D eigenvalue weighted by Gasteiger charge is 1.93. The van der Waals surface area contributed by atoms with Crippen LogP contribution in [-0.2, 0) is 4.79 Å². The van der Waals surface area contributed by atoms with Gasteiger partial charge in [-0.1, -0.05) is 25.1 Å². The lowest BCUT2D eigenvalue weighted by Crippen LogP contribution is -1.87. The van der Waals surface area contributed by atoms with Gasteiger partial charge in [0.1, 0.15) is 5.75 Å².